The number of aliphatic carboxylic acids is 1. The summed E-state index contributed by atoms with van der Waals surface area (Å²) in [5.74, 6) is -0.886. The van der Waals surface area contributed by atoms with Gasteiger partial charge >= 0.3 is 11.7 Å². The number of carboxylic acids is 1. The Bertz CT molecular complexity index is 1320. The summed E-state index contributed by atoms with van der Waals surface area (Å²) in [6.45, 7) is 10.9. The zero-order valence-electron chi connectivity index (χ0n) is 24.5. The molecule has 40 heavy (non-hydrogen) atoms. The first-order valence-electron chi connectivity index (χ1n) is 14.0. The molecular formula is C29H44N7O4-. The lowest BCUT2D eigenvalue weighted by molar-refractivity contribution is -0.304. The zero-order chi connectivity index (χ0) is 29.3. The lowest BCUT2D eigenvalue weighted by atomic mass is 9.91. The summed E-state index contributed by atoms with van der Waals surface area (Å²) in [5.41, 5.74) is 8.54. The summed E-state index contributed by atoms with van der Waals surface area (Å²) >= 11 is 0. The Morgan fingerprint density at radius 3 is 2.60 bits per heavy atom. The number of hydrogen-bond acceptors (Lipinski definition) is 9. The number of anilines is 1. The number of aryl methyl sites for hydroxylation is 1. The molecule has 3 N–H and O–H groups in total. The van der Waals surface area contributed by atoms with E-state index in [1.165, 1.54) is 0 Å². The van der Waals surface area contributed by atoms with E-state index < -0.39 is 5.97 Å². The summed E-state index contributed by atoms with van der Waals surface area (Å²) in [7, 11) is 4.15. The van der Waals surface area contributed by atoms with Gasteiger partial charge < -0.3 is 30.3 Å². The maximum atomic E-state index is 12.7. The summed E-state index contributed by atoms with van der Waals surface area (Å²) in [6.07, 6.45) is 3.39. The van der Waals surface area contributed by atoms with E-state index in [1.807, 2.05) is 24.3 Å². The average molecular weight is 555 g/mol. The fraction of sp³-hybridized carbons (Fsp3) is 0.586. The van der Waals surface area contributed by atoms with E-state index >= 15 is 0 Å². The SMILES string of the molecule is CCCCOc1nc(N)c2[nH]c(=O)n(CCCCN(Cc3cccc(CC(=O)[O-])c3)CC(C)(C)CN(C)C)c2n1. The number of nitrogens with two attached hydrogens (primary N) is 1. The molecule has 2 heterocycles. The monoisotopic (exact) mass is 554 g/mol. The summed E-state index contributed by atoms with van der Waals surface area (Å²) in [6, 6.07) is 7.86. The molecule has 2 aromatic heterocycles. The van der Waals surface area contributed by atoms with E-state index in [-0.39, 0.29) is 29.4 Å². The number of rotatable bonds is 17. The van der Waals surface area contributed by atoms with Crippen LogP contribution in [0.15, 0.2) is 29.1 Å². The second kappa shape index (κ2) is 14.3. The molecule has 0 unspecified atom stereocenters. The number of benzene rings is 1. The number of H-pyrrole nitrogens is 1. The number of unbranched alkanes of at least 4 members (excludes halogenated alkanes) is 2. The number of carbonyl (C=O) groups is 1. The number of nitrogens with one attached hydrogen (secondary N) is 1. The molecule has 11 nitrogen and oxygen atoms in total. The maximum Gasteiger partial charge on any atom is 0.327 e. The van der Waals surface area contributed by atoms with Crippen molar-refractivity contribution in [2.45, 2.75) is 66.0 Å². The number of aromatic nitrogens is 4. The van der Waals surface area contributed by atoms with Crippen LogP contribution in [-0.2, 0) is 24.3 Å². The number of fused-ring (bicyclic) bond motifs is 1. The number of nitrogens with zero attached hydrogens (tertiary/aromatic N) is 5. The highest BCUT2D eigenvalue weighted by Gasteiger charge is 2.23. The van der Waals surface area contributed by atoms with Crippen molar-refractivity contribution in [1.82, 2.24) is 29.3 Å². The number of imidazole rings is 1. The summed E-state index contributed by atoms with van der Waals surface area (Å²) in [4.78, 5) is 39.8. The van der Waals surface area contributed by atoms with Gasteiger partial charge in [0.2, 0.25) is 0 Å². The normalized spacial score (nSPS) is 12.1. The number of nitrogen functional groups attached to an aromatic ring is 1. The van der Waals surface area contributed by atoms with Crippen molar-refractivity contribution in [3.8, 4) is 6.01 Å². The molecule has 0 spiro atoms. The third-order valence-corrected chi connectivity index (χ3v) is 6.61. The first kappa shape index (κ1) is 31.1. The van der Waals surface area contributed by atoms with Crippen LogP contribution in [0.1, 0.15) is 57.6 Å². The van der Waals surface area contributed by atoms with Gasteiger partial charge in [-0.3, -0.25) is 9.47 Å². The van der Waals surface area contributed by atoms with Gasteiger partial charge in [-0.15, -0.1) is 0 Å². The molecule has 0 aliphatic heterocycles. The Balaban J connectivity index is 1.70. The number of hydrogen-bond donors (Lipinski definition) is 2. The lowest BCUT2D eigenvalue weighted by Gasteiger charge is -2.35. The third kappa shape index (κ3) is 9.34. The topological polar surface area (TPSA) is 145 Å². The van der Waals surface area contributed by atoms with Crippen LogP contribution in [0, 0.1) is 5.41 Å². The molecule has 0 aliphatic carbocycles. The molecule has 220 valence electrons. The number of carbonyl (C=O) groups excluding carboxylic acids is 1. The van der Waals surface area contributed by atoms with Crippen molar-refractivity contribution >= 4 is 23.0 Å². The average Bonchev–Trinajstić information content (AvgIpc) is 3.16. The molecule has 3 aromatic rings. The Labute approximate surface area is 236 Å². The van der Waals surface area contributed by atoms with Crippen LogP contribution in [-0.4, -0.2) is 75.6 Å². The van der Waals surface area contributed by atoms with Crippen LogP contribution in [0.25, 0.3) is 11.2 Å². The number of carboxylic acid groups (broad SMARTS) is 1. The lowest BCUT2D eigenvalue weighted by Crippen LogP contribution is -2.40. The van der Waals surface area contributed by atoms with Crippen LogP contribution in [0.2, 0.25) is 0 Å². The van der Waals surface area contributed by atoms with Crippen LogP contribution in [0.5, 0.6) is 6.01 Å². The van der Waals surface area contributed by atoms with E-state index in [0.29, 0.717) is 30.9 Å². The van der Waals surface area contributed by atoms with Crippen molar-refractivity contribution in [3.05, 3.63) is 45.9 Å². The van der Waals surface area contributed by atoms with E-state index in [1.54, 1.807) is 4.57 Å². The van der Waals surface area contributed by atoms with Crippen LogP contribution in [0.4, 0.5) is 5.82 Å². The molecule has 0 bridgehead atoms. The van der Waals surface area contributed by atoms with E-state index in [9.17, 15) is 14.7 Å². The van der Waals surface area contributed by atoms with Gasteiger partial charge in [-0.2, -0.15) is 9.97 Å². The van der Waals surface area contributed by atoms with Gasteiger partial charge in [0.15, 0.2) is 11.5 Å². The molecule has 0 aliphatic rings. The highest BCUT2D eigenvalue weighted by Crippen LogP contribution is 2.21. The van der Waals surface area contributed by atoms with E-state index in [4.69, 9.17) is 10.5 Å². The Hall–Kier alpha value is -3.44. The molecule has 0 atom stereocenters. The Kier molecular flexibility index (Phi) is 11.1. The highest BCUT2D eigenvalue weighted by molar-refractivity contribution is 5.81. The first-order chi connectivity index (χ1) is 19.0. The van der Waals surface area contributed by atoms with Gasteiger partial charge in [-0.1, -0.05) is 51.5 Å². The molecule has 0 saturated heterocycles. The quantitative estimate of drug-likeness (QED) is 0.239. The Morgan fingerprint density at radius 1 is 1.15 bits per heavy atom. The van der Waals surface area contributed by atoms with Gasteiger partial charge in [-0.05, 0) is 56.4 Å². The molecule has 0 radical (unpaired) electrons. The fourth-order valence-electron chi connectivity index (χ4n) is 5.20. The van der Waals surface area contributed by atoms with Crippen LogP contribution < -0.4 is 21.3 Å². The number of aromatic amines is 1. The van der Waals surface area contributed by atoms with E-state index in [2.05, 4.69) is 59.6 Å². The van der Waals surface area contributed by atoms with Crippen molar-refractivity contribution in [3.63, 3.8) is 0 Å². The largest absolute Gasteiger partial charge is 0.550 e. The predicted octanol–water partition coefficient (Wildman–Crippen LogP) is 2.04. The minimum atomic E-state index is -1.08. The molecule has 11 heteroatoms. The van der Waals surface area contributed by atoms with Gasteiger partial charge in [-0.25, -0.2) is 4.79 Å². The van der Waals surface area contributed by atoms with E-state index in [0.717, 1.165) is 56.4 Å². The molecule has 1 aromatic carbocycles. The van der Waals surface area contributed by atoms with Crippen LogP contribution >= 0.6 is 0 Å². The minimum absolute atomic E-state index is 0.0441. The standard InChI is InChI=1S/C29H45N7O4/c1-6-7-15-40-27-32-25(30)24-26(33-27)36(28(39)31-24)14-9-8-13-35(20-29(2,3)19-34(4)5)18-22-12-10-11-21(16-22)17-23(37)38/h10-12,16H,6-9,13-15,17-20H2,1-5H3,(H,31,39)(H,37,38)(H2,30,32,33)/p-1. The molecular weight excluding hydrogens is 510 g/mol. The van der Waals surface area contributed by atoms with Gasteiger partial charge in [0.1, 0.15) is 5.52 Å². The molecule has 0 amide bonds. The fourth-order valence-corrected chi connectivity index (χ4v) is 5.20. The maximum absolute atomic E-state index is 12.7. The minimum Gasteiger partial charge on any atom is -0.550 e. The summed E-state index contributed by atoms with van der Waals surface area (Å²) in [5, 5.41) is 11.1. The molecule has 3 rings (SSSR count). The second-order valence-electron chi connectivity index (χ2n) is 11.6. The van der Waals surface area contributed by atoms with Crippen molar-refractivity contribution in [2.24, 2.45) is 5.41 Å². The molecule has 0 saturated carbocycles. The summed E-state index contributed by atoms with van der Waals surface area (Å²) < 4.78 is 7.24. The van der Waals surface area contributed by atoms with Gasteiger partial charge in [0, 0.05) is 38.6 Å². The predicted molar refractivity (Wildman–Crippen MR) is 155 cm³/mol. The Morgan fingerprint density at radius 2 is 1.90 bits per heavy atom. The van der Waals surface area contributed by atoms with Gasteiger partial charge in [0.25, 0.3) is 0 Å². The highest BCUT2D eigenvalue weighted by atomic mass is 16.5. The van der Waals surface area contributed by atoms with Crippen molar-refractivity contribution in [1.29, 1.82) is 0 Å². The second-order valence-corrected chi connectivity index (χ2v) is 11.6. The zero-order valence-corrected chi connectivity index (χ0v) is 24.5. The third-order valence-electron chi connectivity index (χ3n) is 6.61. The smallest absolute Gasteiger partial charge is 0.327 e. The molecule has 0 fully saturated rings. The number of ether oxygens (including phenoxy) is 1. The first-order valence-corrected chi connectivity index (χ1v) is 14.0. The van der Waals surface area contributed by atoms with Crippen LogP contribution in [0.3, 0.4) is 0 Å². The van der Waals surface area contributed by atoms with Crippen molar-refractivity contribution in [2.75, 3.05) is 46.1 Å². The van der Waals surface area contributed by atoms with Gasteiger partial charge in [0.05, 0.1) is 6.61 Å². The van der Waals surface area contributed by atoms with Crippen molar-refractivity contribution < 1.29 is 14.6 Å².